The Hall–Kier alpha value is -5.95. The summed E-state index contributed by atoms with van der Waals surface area (Å²) in [6, 6.07) is 48.0. The number of allylic oxidation sites excluding steroid dienone is 1. The Morgan fingerprint density at radius 1 is 0.797 bits per heavy atom. The smallest absolute Gasteiger partial charge is 0.214 e. The van der Waals surface area contributed by atoms with E-state index in [1.807, 2.05) is 17.4 Å². The number of fused-ring (bicyclic) bond motifs is 12. The van der Waals surface area contributed by atoms with Crippen molar-refractivity contribution in [3.05, 3.63) is 180 Å². The summed E-state index contributed by atoms with van der Waals surface area (Å²) in [5.41, 5.74) is 14.2. The van der Waals surface area contributed by atoms with Crippen LogP contribution in [0, 0.1) is 11.7 Å². The van der Waals surface area contributed by atoms with E-state index in [9.17, 15) is 0 Å². The number of benzene rings is 6. The van der Waals surface area contributed by atoms with Crippen LogP contribution >= 0.6 is 11.3 Å². The molecule has 2 aliphatic heterocycles. The maximum Gasteiger partial charge on any atom is 0.297 e. The minimum absolute atomic E-state index is 0.0610. The SMILES string of the molecule is C=CC1C(C2c3ccc4c(sc5ccccc54)c3-c3n2c2cc(F)ccc2[n+]3-c2ccc(C(C)(C)C)cc2-c2ccccc2)c2ccccc2-c2cc(CC(C)C)c([Si](C)(C)C)c[n+]21. The maximum atomic E-state index is 16.2. The van der Waals surface area contributed by atoms with Gasteiger partial charge >= 0.3 is 0 Å². The number of thiophene rings is 1. The first-order valence-corrected chi connectivity index (χ1v) is 27.3. The van der Waals surface area contributed by atoms with E-state index in [4.69, 9.17) is 0 Å². The van der Waals surface area contributed by atoms with E-state index in [0.717, 1.165) is 40.1 Å². The predicted octanol–water partition coefficient (Wildman–Crippen LogP) is 14.2. The molecule has 6 aromatic carbocycles. The fraction of sp³-hybridized carbons (Fsp3) is 0.241. The van der Waals surface area contributed by atoms with Gasteiger partial charge in [-0.3, -0.25) is 0 Å². The third-order valence-electron chi connectivity index (χ3n) is 14.0. The Kier molecular flexibility index (Phi) is 9.43. The number of hydrogen-bond acceptors (Lipinski definition) is 1. The molecule has 0 fully saturated rings. The molecule has 64 heavy (non-hydrogen) atoms. The highest BCUT2D eigenvalue weighted by atomic mass is 32.1. The molecule has 0 aliphatic carbocycles. The lowest BCUT2D eigenvalue weighted by Gasteiger charge is -2.33. The van der Waals surface area contributed by atoms with Crippen molar-refractivity contribution < 1.29 is 13.5 Å². The molecular formula is C58H56FN3SSi+2. The van der Waals surface area contributed by atoms with Crippen LogP contribution in [0.1, 0.15) is 74.9 Å². The van der Waals surface area contributed by atoms with E-state index in [2.05, 4.69) is 202 Å². The average Bonchev–Trinajstić information content (AvgIpc) is 3.92. The Morgan fingerprint density at radius 3 is 2.30 bits per heavy atom. The summed E-state index contributed by atoms with van der Waals surface area (Å²) in [7, 11) is -1.78. The Balaban J connectivity index is 1.27. The van der Waals surface area contributed by atoms with E-state index in [1.165, 1.54) is 64.4 Å². The van der Waals surface area contributed by atoms with Crippen LogP contribution < -0.4 is 14.3 Å². The van der Waals surface area contributed by atoms with Crippen molar-refractivity contribution in [3.63, 3.8) is 0 Å². The molecule has 0 saturated carbocycles. The zero-order valence-corrected chi connectivity index (χ0v) is 40.0. The quantitative estimate of drug-likeness (QED) is 0.0860. The summed E-state index contributed by atoms with van der Waals surface area (Å²) in [5.74, 6) is 1.33. The molecule has 0 radical (unpaired) electrons. The van der Waals surface area contributed by atoms with Crippen molar-refractivity contribution in [2.45, 2.75) is 84.1 Å². The van der Waals surface area contributed by atoms with Gasteiger partial charge in [-0.1, -0.05) is 146 Å². The van der Waals surface area contributed by atoms with Crippen LogP contribution in [0.2, 0.25) is 19.6 Å². The van der Waals surface area contributed by atoms with Gasteiger partial charge in [-0.15, -0.1) is 11.3 Å². The van der Waals surface area contributed by atoms with Crippen LogP contribution in [0.25, 0.3) is 70.7 Å². The van der Waals surface area contributed by atoms with E-state index >= 15 is 4.39 Å². The highest BCUT2D eigenvalue weighted by Gasteiger charge is 2.53. The van der Waals surface area contributed by atoms with Gasteiger partial charge in [0.25, 0.3) is 5.82 Å². The molecule has 3 aromatic heterocycles. The molecule has 0 saturated heterocycles. The van der Waals surface area contributed by atoms with E-state index in [-0.39, 0.29) is 29.2 Å². The van der Waals surface area contributed by atoms with Crippen LogP contribution in [-0.2, 0) is 11.8 Å². The normalized spacial score (nSPS) is 16.9. The lowest BCUT2D eigenvalue weighted by atomic mass is 9.76. The standard InChI is InChI=1S/C58H56FN3SSi/c1-10-46-53(42-22-15-14-20-40(42)49-31-37(30-35(2)3)52(34-60(46)49)64(7,8)9)55-44-27-26-43-41-21-16-17-23-51(41)63-56(43)54(44)57-61(48-29-25-39(59)33-50(48)62(55)57)47-28-24-38(58(4,5)6)32-45(47)36-18-12-11-13-19-36/h10-29,31-35,46,53,55H,1,30H2,2-9H3/q+2. The Morgan fingerprint density at radius 2 is 1.55 bits per heavy atom. The number of aromatic nitrogens is 3. The van der Waals surface area contributed by atoms with E-state index in [1.54, 1.807) is 12.1 Å². The third kappa shape index (κ3) is 6.23. The molecule has 0 spiro atoms. The molecule has 0 bridgehead atoms. The molecule has 11 rings (SSSR count). The maximum absolute atomic E-state index is 16.2. The zero-order valence-electron chi connectivity index (χ0n) is 38.2. The number of rotatable bonds is 7. The first-order chi connectivity index (χ1) is 30.7. The van der Waals surface area contributed by atoms with Gasteiger partial charge in [-0.05, 0) is 82.5 Å². The number of halogens is 1. The molecule has 3 atom stereocenters. The van der Waals surface area contributed by atoms with Crippen molar-refractivity contribution in [2.24, 2.45) is 5.92 Å². The van der Waals surface area contributed by atoms with Crippen LogP contribution in [0.4, 0.5) is 4.39 Å². The van der Waals surface area contributed by atoms with Crippen LogP contribution in [0.5, 0.6) is 0 Å². The predicted molar refractivity (Wildman–Crippen MR) is 270 cm³/mol. The summed E-state index contributed by atoms with van der Waals surface area (Å²) >= 11 is 1.87. The third-order valence-corrected chi connectivity index (χ3v) is 17.2. The fourth-order valence-electron chi connectivity index (χ4n) is 11.1. The number of nitrogens with zero attached hydrogens (tertiary/aromatic N) is 3. The highest BCUT2D eigenvalue weighted by molar-refractivity contribution is 7.26. The molecule has 2 aliphatic rings. The van der Waals surface area contributed by atoms with Crippen molar-refractivity contribution >= 4 is 55.8 Å². The molecule has 3 unspecified atom stereocenters. The van der Waals surface area contributed by atoms with Gasteiger partial charge < -0.3 is 0 Å². The largest absolute Gasteiger partial charge is 0.297 e. The van der Waals surface area contributed by atoms with Crippen LogP contribution in [-0.4, -0.2) is 12.6 Å². The molecule has 6 heteroatoms. The second-order valence-corrected chi connectivity index (χ2v) is 26.7. The van der Waals surface area contributed by atoms with Crippen molar-refractivity contribution in [1.29, 1.82) is 0 Å². The summed E-state index contributed by atoms with van der Waals surface area (Å²) in [6.45, 7) is 23.6. The van der Waals surface area contributed by atoms with E-state index < -0.39 is 8.07 Å². The van der Waals surface area contributed by atoms with Gasteiger partial charge in [0.1, 0.15) is 17.5 Å². The number of hydrogen-bond donors (Lipinski definition) is 0. The summed E-state index contributed by atoms with van der Waals surface area (Å²) < 4.78 is 26.2. The Bertz CT molecular complexity index is 3360. The second-order valence-electron chi connectivity index (χ2n) is 20.7. The number of pyridine rings is 1. The summed E-state index contributed by atoms with van der Waals surface area (Å²) in [6.07, 6.45) is 5.75. The van der Waals surface area contributed by atoms with Crippen molar-refractivity contribution in [3.8, 4) is 39.5 Å². The monoisotopic (exact) mass is 873 g/mol. The molecule has 0 N–H and O–H groups in total. The van der Waals surface area contributed by atoms with Gasteiger partial charge in [-0.25, -0.2) is 8.96 Å². The minimum atomic E-state index is -1.78. The highest BCUT2D eigenvalue weighted by Crippen LogP contribution is 2.57. The van der Waals surface area contributed by atoms with Crippen LogP contribution in [0.3, 0.4) is 0 Å². The van der Waals surface area contributed by atoms with Gasteiger partial charge in [0, 0.05) is 43.9 Å². The van der Waals surface area contributed by atoms with Crippen molar-refractivity contribution in [2.75, 3.05) is 0 Å². The average molecular weight is 874 g/mol. The topological polar surface area (TPSA) is 12.7 Å². The lowest BCUT2D eigenvalue weighted by molar-refractivity contribution is -0.707. The first-order valence-electron chi connectivity index (χ1n) is 22.9. The van der Waals surface area contributed by atoms with Gasteiger partial charge in [0.05, 0.1) is 29.8 Å². The van der Waals surface area contributed by atoms with Gasteiger partial charge in [0.15, 0.2) is 23.3 Å². The van der Waals surface area contributed by atoms with E-state index in [0.29, 0.717) is 5.92 Å². The molecular weight excluding hydrogens is 818 g/mol. The summed E-state index contributed by atoms with van der Waals surface area (Å²) in [5, 5.41) is 4.02. The molecule has 3 nitrogen and oxygen atoms in total. The lowest BCUT2D eigenvalue weighted by Crippen LogP contribution is -2.54. The molecule has 5 heterocycles. The Labute approximate surface area is 381 Å². The first kappa shape index (κ1) is 40.8. The number of imidazole rings is 1. The van der Waals surface area contributed by atoms with Crippen molar-refractivity contribution in [1.82, 2.24) is 4.57 Å². The zero-order chi connectivity index (χ0) is 44.4. The fourth-order valence-corrected chi connectivity index (χ4v) is 14.1. The minimum Gasteiger partial charge on any atom is -0.214 e. The van der Waals surface area contributed by atoms with Crippen LogP contribution in [0.15, 0.2) is 152 Å². The van der Waals surface area contributed by atoms with Gasteiger partial charge in [0.2, 0.25) is 5.69 Å². The second kappa shape index (κ2) is 14.8. The molecule has 9 aromatic rings. The summed E-state index contributed by atoms with van der Waals surface area (Å²) in [4.78, 5) is 0. The van der Waals surface area contributed by atoms with Gasteiger partial charge in [-0.2, -0.15) is 9.13 Å². The molecule has 318 valence electrons. The molecule has 0 amide bonds.